The van der Waals surface area contributed by atoms with Gasteiger partial charge in [0.1, 0.15) is 5.75 Å². The third-order valence-electron chi connectivity index (χ3n) is 3.56. The highest BCUT2D eigenvalue weighted by molar-refractivity contribution is 5.83. The number of nitrogens with one attached hydrogen (secondary N) is 1. The Kier molecular flexibility index (Phi) is 5.59. The number of hydrogen-bond acceptors (Lipinski definition) is 3. The summed E-state index contributed by atoms with van der Waals surface area (Å²) in [6, 6.07) is 7.63. The minimum atomic E-state index is 0.0480. The molecule has 0 bridgehead atoms. The number of rotatable bonds is 5. The predicted octanol–water partition coefficient (Wildman–Crippen LogP) is 3.12. The van der Waals surface area contributed by atoms with Gasteiger partial charge in [-0.2, -0.15) is 5.10 Å². The first-order valence-electron chi connectivity index (χ1n) is 7.35. The lowest BCUT2D eigenvalue weighted by Crippen LogP contribution is -2.28. The van der Waals surface area contributed by atoms with Crippen molar-refractivity contribution in [2.24, 2.45) is 11.0 Å². The van der Waals surface area contributed by atoms with Crippen molar-refractivity contribution in [3.63, 3.8) is 0 Å². The zero-order chi connectivity index (χ0) is 14.2. The maximum absolute atomic E-state index is 11.9. The summed E-state index contributed by atoms with van der Waals surface area (Å²) in [4.78, 5) is 11.9. The van der Waals surface area contributed by atoms with Crippen LogP contribution in [0.4, 0.5) is 0 Å². The van der Waals surface area contributed by atoms with Gasteiger partial charge in [-0.1, -0.05) is 19.3 Å². The first kappa shape index (κ1) is 14.6. The molecule has 0 spiro atoms. The van der Waals surface area contributed by atoms with Crippen LogP contribution in [0.1, 0.15) is 44.6 Å². The fourth-order valence-electron chi connectivity index (χ4n) is 2.44. The van der Waals surface area contributed by atoms with E-state index in [9.17, 15) is 4.79 Å². The molecule has 4 heteroatoms. The van der Waals surface area contributed by atoms with E-state index >= 15 is 0 Å². The van der Waals surface area contributed by atoms with E-state index in [2.05, 4.69) is 10.5 Å². The lowest BCUT2D eigenvalue weighted by atomic mass is 9.89. The molecule has 1 aliphatic carbocycles. The monoisotopic (exact) mass is 274 g/mol. The Labute approximate surface area is 120 Å². The first-order valence-corrected chi connectivity index (χ1v) is 7.35. The molecule has 1 amide bonds. The molecule has 1 fully saturated rings. The normalized spacial score (nSPS) is 16.2. The summed E-state index contributed by atoms with van der Waals surface area (Å²) in [5, 5.41) is 4.03. The van der Waals surface area contributed by atoms with Gasteiger partial charge in [0.2, 0.25) is 5.91 Å². The molecule has 0 aromatic heterocycles. The van der Waals surface area contributed by atoms with Crippen molar-refractivity contribution in [1.82, 2.24) is 5.43 Å². The molecule has 0 saturated heterocycles. The van der Waals surface area contributed by atoms with Crippen LogP contribution in [0.15, 0.2) is 29.4 Å². The molecule has 20 heavy (non-hydrogen) atoms. The van der Waals surface area contributed by atoms with Crippen LogP contribution in [0, 0.1) is 5.92 Å². The molecule has 108 valence electrons. The van der Waals surface area contributed by atoms with Gasteiger partial charge in [0.25, 0.3) is 0 Å². The number of hydrazone groups is 1. The summed E-state index contributed by atoms with van der Waals surface area (Å²) in [5.41, 5.74) is 3.58. The summed E-state index contributed by atoms with van der Waals surface area (Å²) >= 11 is 0. The summed E-state index contributed by atoms with van der Waals surface area (Å²) in [6.45, 7) is 2.61. The number of ether oxygens (including phenoxy) is 1. The minimum Gasteiger partial charge on any atom is -0.494 e. The molecular weight excluding hydrogens is 252 g/mol. The van der Waals surface area contributed by atoms with E-state index in [0.717, 1.165) is 37.0 Å². The Balaban J connectivity index is 1.81. The fraction of sp³-hybridized carbons (Fsp3) is 0.500. The van der Waals surface area contributed by atoms with Crippen molar-refractivity contribution in [3.8, 4) is 5.75 Å². The van der Waals surface area contributed by atoms with Crippen molar-refractivity contribution in [2.75, 3.05) is 6.61 Å². The van der Waals surface area contributed by atoms with Crippen molar-refractivity contribution >= 4 is 12.1 Å². The lowest BCUT2D eigenvalue weighted by molar-refractivity contribution is -0.125. The third-order valence-corrected chi connectivity index (χ3v) is 3.56. The molecule has 1 saturated carbocycles. The molecule has 0 radical (unpaired) electrons. The molecule has 2 rings (SSSR count). The van der Waals surface area contributed by atoms with Crippen LogP contribution in [0.3, 0.4) is 0 Å². The van der Waals surface area contributed by atoms with Gasteiger partial charge in [0.05, 0.1) is 12.8 Å². The summed E-state index contributed by atoms with van der Waals surface area (Å²) in [6.07, 6.45) is 7.20. The maximum Gasteiger partial charge on any atom is 0.243 e. The molecule has 1 aromatic rings. The van der Waals surface area contributed by atoms with Crippen molar-refractivity contribution in [2.45, 2.75) is 39.0 Å². The molecule has 4 nitrogen and oxygen atoms in total. The van der Waals surface area contributed by atoms with E-state index in [1.807, 2.05) is 31.2 Å². The minimum absolute atomic E-state index is 0.0480. The standard InChI is InChI=1S/C16H22N2O2/c1-2-20-15-10-8-13(9-11-15)12-17-18-16(19)14-6-4-3-5-7-14/h8-12,14H,2-7H2,1H3,(H,18,19)/b17-12+. The van der Waals surface area contributed by atoms with Crippen LogP contribution < -0.4 is 10.2 Å². The Bertz CT molecular complexity index is 448. The van der Waals surface area contributed by atoms with E-state index in [0.29, 0.717) is 6.61 Å². The molecule has 1 aromatic carbocycles. The van der Waals surface area contributed by atoms with Crippen LogP contribution in [0.5, 0.6) is 5.75 Å². The molecule has 1 N–H and O–H groups in total. The topological polar surface area (TPSA) is 50.7 Å². The van der Waals surface area contributed by atoms with Crippen LogP contribution in [-0.2, 0) is 4.79 Å². The Morgan fingerprint density at radius 3 is 2.65 bits per heavy atom. The second-order valence-electron chi connectivity index (χ2n) is 5.07. The van der Waals surface area contributed by atoms with Gasteiger partial charge in [0, 0.05) is 5.92 Å². The van der Waals surface area contributed by atoms with Gasteiger partial charge in [-0.05, 0) is 49.6 Å². The molecule has 0 unspecified atom stereocenters. The number of carbonyl (C=O) groups is 1. The van der Waals surface area contributed by atoms with E-state index in [1.54, 1.807) is 6.21 Å². The Morgan fingerprint density at radius 2 is 2.00 bits per heavy atom. The zero-order valence-electron chi connectivity index (χ0n) is 12.0. The van der Waals surface area contributed by atoms with Gasteiger partial charge in [-0.25, -0.2) is 5.43 Å². The van der Waals surface area contributed by atoms with Crippen LogP contribution >= 0.6 is 0 Å². The number of hydrogen-bond donors (Lipinski definition) is 1. The molecule has 0 atom stereocenters. The third kappa shape index (κ3) is 4.37. The molecule has 0 heterocycles. The van der Waals surface area contributed by atoms with Crippen LogP contribution in [-0.4, -0.2) is 18.7 Å². The second-order valence-corrected chi connectivity index (χ2v) is 5.07. The number of amides is 1. The molecular formula is C16H22N2O2. The lowest BCUT2D eigenvalue weighted by Gasteiger charge is -2.19. The molecule has 0 aliphatic heterocycles. The Hall–Kier alpha value is -1.84. The van der Waals surface area contributed by atoms with Gasteiger partial charge < -0.3 is 4.74 Å². The summed E-state index contributed by atoms with van der Waals surface area (Å²) in [5.74, 6) is 1.03. The average molecular weight is 274 g/mol. The number of carbonyl (C=O) groups excluding carboxylic acids is 1. The van der Waals surface area contributed by atoms with Gasteiger partial charge >= 0.3 is 0 Å². The van der Waals surface area contributed by atoms with Crippen LogP contribution in [0.25, 0.3) is 0 Å². The van der Waals surface area contributed by atoms with Crippen molar-refractivity contribution < 1.29 is 9.53 Å². The number of nitrogens with zero attached hydrogens (tertiary/aromatic N) is 1. The highest BCUT2D eigenvalue weighted by Gasteiger charge is 2.20. The summed E-state index contributed by atoms with van der Waals surface area (Å²) in [7, 11) is 0. The maximum atomic E-state index is 11.9. The first-order chi connectivity index (χ1) is 9.79. The SMILES string of the molecule is CCOc1ccc(/C=N/NC(=O)C2CCCCC2)cc1. The van der Waals surface area contributed by atoms with Crippen molar-refractivity contribution in [1.29, 1.82) is 0 Å². The van der Waals surface area contributed by atoms with Crippen LogP contribution in [0.2, 0.25) is 0 Å². The summed E-state index contributed by atoms with van der Waals surface area (Å²) < 4.78 is 5.37. The fourth-order valence-corrected chi connectivity index (χ4v) is 2.44. The average Bonchev–Trinajstić information content (AvgIpc) is 2.50. The quantitative estimate of drug-likeness (QED) is 0.662. The largest absolute Gasteiger partial charge is 0.494 e. The van der Waals surface area contributed by atoms with Gasteiger partial charge in [0.15, 0.2) is 0 Å². The molecule has 1 aliphatic rings. The van der Waals surface area contributed by atoms with E-state index in [1.165, 1.54) is 6.42 Å². The smallest absolute Gasteiger partial charge is 0.243 e. The Morgan fingerprint density at radius 1 is 1.30 bits per heavy atom. The zero-order valence-corrected chi connectivity index (χ0v) is 12.0. The van der Waals surface area contributed by atoms with Gasteiger partial charge in [-0.3, -0.25) is 4.79 Å². The van der Waals surface area contributed by atoms with E-state index < -0.39 is 0 Å². The van der Waals surface area contributed by atoms with E-state index in [-0.39, 0.29) is 11.8 Å². The highest BCUT2D eigenvalue weighted by atomic mass is 16.5. The van der Waals surface area contributed by atoms with E-state index in [4.69, 9.17) is 4.74 Å². The second kappa shape index (κ2) is 7.68. The van der Waals surface area contributed by atoms with Gasteiger partial charge in [-0.15, -0.1) is 0 Å². The predicted molar refractivity (Wildman–Crippen MR) is 79.9 cm³/mol. The number of benzene rings is 1. The van der Waals surface area contributed by atoms with Crippen molar-refractivity contribution in [3.05, 3.63) is 29.8 Å². The highest BCUT2D eigenvalue weighted by Crippen LogP contribution is 2.23.